The molecule has 4 saturated carbocycles. The second-order valence-electron chi connectivity index (χ2n) is 10.4. The first-order chi connectivity index (χ1) is 13.5. The van der Waals surface area contributed by atoms with Gasteiger partial charge in [-0.15, -0.1) is 0 Å². The summed E-state index contributed by atoms with van der Waals surface area (Å²) < 4.78 is 0. The van der Waals surface area contributed by atoms with Crippen molar-refractivity contribution in [2.75, 3.05) is 0 Å². The monoisotopic (exact) mass is 380 g/mol. The minimum absolute atomic E-state index is 0.190. The lowest BCUT2D eigenvalue weighted by Gasteiger charge is -2.42. The molecule has 0 amide bonds. The molecule has 0 spiro atoms. The minimum atomic E-state index is -0.190. The quantitative estimate of drug-likeness (QED) is 0.502. The zero-order valence-electron chi connectivity index (χ0n) is 18.1. The molecule has 1 heteroatoms. The van der Waals surface area contributed by atoms with Crippen LogP contribution in [0.2, 0.25) is 0 Å². The third-order valence-corrected chi connectivity index (χ3v) is 8.61. The van der Waals surface area contributed by atoms with Crippen molar-refractivity contribution in [3.05, 3.63) is 47.6 Å². The molecule has 5 atom stereocenters. The van der Waals surface area contributed by atoms with Crippen LogP contribution in [-0.4, -0.2) is 11.2 Å². The number of hydrogen-bond acceptors (Lipinski definition) is 1. The maximum Gasteiger partial charge on any atom is 0.0749 e. The summed E-state index contributed by atoms with van der Waals surface area (Å²) in [6.07, 6.45) is 23.2. The first-order valence-electron chi connectivity index (χ1n) is 11.9. The molecule has 1 nitrogen and oxygen atoms in total. The van der Waals surface area contributed by atoms with Gasteiger partial charge in [-0.1, -0.05) is 50.3 Å². The fraction of sp³-hybridized carbons (Fsp3) is 0.704. The van der Waals surface area contributed by atoms with Crippen molar-refractivity contribution in [2.24, 2.45) is 29.1 Å². The molecule has 0 aromatic rings. The van der Waals surface area contributed by atoms with Crippen LogP contribution >= 0.6 is 0 Å². The van der Waals surface area contributed by atoms with Crippen LogP contribution in [0.5, 0.6) is 0 Å². The standard InChI is InChI=1S/C27H40O/c1-19-7-4-8-21(20(19)2)12-13-22-9-6-18-27(3)24(16-17-25(22)27)10-5-11-26(28)23-14-15-23/h5,11-13,19,23-26,28H,2,4,6-10,14-18H2,1,3H3/b11-5+,21-12-,22-13+. The van der Waals surface area contributed by atoms with Gasteiger partial charge in [-0.3, -0.25) is 0 Å². The third-order valence-electron chi connectivity index (χ3n) is 8.61. The molecule has 0 saturated heterocycles. The highest BCUT2D eigenvalue weighted by atomic mass is 16.3. The average molecular weight is 381 g/mol. The van der Waals surface area contributed by atoms with E-state index in [1.165, 1.54) is 75.4 Å². The largest absolute Gasteiger partial charge is 0.389 e. The van der Waals surface area contributed by atoms with Gasteiger partial charge in [0.25, 0.3) is 0 Å². The van der Waals surface area contributed by atoms with Gasteiger partial charge in [0.15, 0.2) is 0 Å². The molecular formula is C27H40O. The molecule has 28 heavy (non-hydrogen) atoms. The van der Waals surface area contributed by atoms with Gasteiger partial charge in [-0.05, 0) is 111 Å². The van der Waals surface area contributed by atoms with Gasteiger partial charge in [0.2, 0.25) is 0 Å². The first kappa shape index (κ1) is 20.2. The highest BCUT2D eigenvalue weighted by Crippen LogP contribution is 2.58. The second kappa shape index (κ2) is 8.34. The molecule has 0 bridgehead atoms. The Morgan fingerprint density at radius 2 is 1.93 bits per heavy atom. The third kappa shape index (κ3) is 4.11. The van der Waals surface area contributed by atoms with Crippen LogP contribution in [0.25, 0.3) is 0 Å². The molecular weight excluding hydrogens is 340 g/mol. The van der Waals surface area contributed by atoms with Gasteiger partial charge < -0.3 is 5.11 Å². The molecule has 0 heterocycles. The Labute approximate surface area is 172 Å². The van der Waals surface area contributed by atoms with E-state index in [1.807, 2.05) is 0 Å². The highest BCUT2D eigenvalue weighted by molar-refractivity contribution is 5.36. The normalized spacial score (nSPS) is 40.4. The number of allylic oxidation sites excluding steroid dienone is 6. The molecule has 0 aliphatic heterocycles. The maximum atomic E-state index is 10.1. The average Bonchev–Trinajstić information content (AvgIpc) is 3.47. The zero-order chi connectivity index (χ0) is 19.7. The van der Waals surface area contributed by atoms with Gasteiger partial charge >= 0.3 is 0 Å². The highest BCUT2D eigenvalue weighted by Gasteiger charge is 2.48. The summed E-state index contributed by atoms with van der Waals surface area (Å²) in [4.78, 5) is 0. The van der Waals surface area contributed by atoms with Crippen LogP contribution in [-0.2, 0) is 0 Å². The van der Waals surface area contributed by atoms with Crippen molar-refractivity contribution < 1.29 is 5.11 Å². The Balaban J connectivity index is 1.43. The fourth-order valence-corrected chi connectivity index (χ4v) is 6.36. The summed E-state index contributed by atoms with van der Waals surface area (Å²) >= 11 is 0. The van der Waals surface area contributed by atoms with E-state index in [9.17, 15) is 5.11 Å². The topological polar surface area (TPSA) is 20.2 Å². The predicted octanol–water partition coefficient (Wildman–Crippen LogP) is 7.15. The Bertz CT molecular complexity index is 676. The lowest BCUT2D eigenvalue weighted by Crippen LogP contribution is -2.33. The summed E-state index contributed by atoms with van der Waals surface area (Å²) in [6.45, 7) is 9.26. The lowest BCUT2D eigenvalue weighted by atomic mass is 9.63. The van der Waals surface area contributed by atoms with Crippen molar-refractivity contribution in [1.29, 1.82) is 0 Å². The summed E-state index contributed by atoms with van der Waals surface area (Å²) in [5.41, 5.74) is 5.04. The molecule has 1 N–H and O–H groups in total. The van der Waals surface area contributed by atoms with E-state index in [-0.39, 0.29) is 6.10 Å². The number of aliphatic hydroxyl groups excluding tert-OH is 1. The molecule has 0 aromatic carbocycles. The Hall–Kier alpha value is -1.08. The predicted molar refractivity (Wildman–Crippen MR) is 119 cm³/mol. The van der Waals surface area contributed by atoms with Crippen LogP contribution in [0.1, 0.15) is 84.5 Å². The Morgan fingerprint density at radius 1 is 1.11 bits per heavy atom. The summed E-state index contributed by atoms with van der Waals surface area (Å²) in [6, 6.07) is 0. The van der Waals surface area contributed by atoms with Gasteiger partial charge in [0.1, 0.15) is 0 Å². The molecule has 4 fully saturated rings. The molecule has 4 aliphatic rings. The van der Waals surface area contributed by atoms with Crippen molar-refractivity contribution >= 4 is 0 Å². The lowest BCUT2D eigenvalue weighted by molar-refractivity contribution is 0.136. The van der Waals surface area contributed by atoms with E-state index < -0.39 is 0 Å². The number of hydrogen-bond donors (Lipinski definition) is 1. The van der Waals surface area contributed by atoms with Crippen molar-refractivity contribution in [3.8, 4) is 0 Å². The molecule has 4 rings (SSSR count). The van der Waals surface area contributed by atoms with Crippen LogP contribution in [0.3, 0.4) is 0 Å². The summed E-state index contributed by atoms with van der Waals surface area (Å²) in [5, 5.41) is 10.1. The van der Waals surface area contributed by atoms with Gasteiger partial charge in [0, 0.05) is 0 Å². The van der Waals surface area contributed by atoms with Crippen LogP contribution in [0.15, 0.2) is 47.6 Å². The molecule has 4 aliphatic carbocycles. The van der Waals surface area contributed by atoms with E-state index >= 15 is 0 Å². The fourth-order valence-electron chi connectivity index (χ4n) is 6.36. The van der Waals surface area contributed by atoms with E-state index in [0.29, 0.717) is 17.3 Å². The number of aliphatic hydroxyl groups is 1. The Morgan fingerprint density at radius 3 is 2.71 bits per heavy atom. The second-order valence-corrected chi connectivity index (χ2v) is 10.4. The molecule has 0 aromatic heterocycles. The summed E-state index contributed by atoms with van der Waals surface area (Å²) in [7, 11) is 0. The van der Waals surface area contributed by atoms with E-state index in [1.54, 1.807) is 5.57 Å². The van der Waals surface area contributed by atoms with Gasteiger partial charge in [0.05, 0.1) is 6.10 Å². The van der Waals surface area contributed by atoms with Crippen LogP contribution in [0, 0.1) is 29.1 Å². The SMILES string of the molecule is C=C1/C(=C\C=C2/CCCC3(C)C(C/C=C/C(O)C4CC4)CCC23)CCCC1C. The van der Waals surface area contributed by atoms with E-state index in [0.717, 1.165) is 18.3 Å². The van der Waals surface area contributed by atoms with Crippen molar-refractivity contribution in [3.63, 3.8) is 0 Å². The Kier molecular flexibility index (Phi) is 6.02. The van der Waals surface area contributed by atoms with Crippen LogP contribution in [0.4, 0.5) is 0 Å². The summed E-state index contributed by atoms with van der Waals surface area (Å²) in [5.74, 6) is 2.75. The zero-order valence-corrected chi connectivity index (χ0v) is 18.1. The number of rotatable bonds is 5. The van der Waals surface area contributed by atoms with Gasteiger partial charge in [-0.25, -0.2) is 0 Å². The van der Waals surface area contributed by atoms with Gasteiger partial charge in [-0.2, -0.15) is 0 Å². The molecule has 154 valence electrons. The van der Waals surface area contributed by atoms with Crippen molar-refractivity contribution in [1.82, 2.24) is 0 Å². The number of fused-ring (bicyclic) bond motifs is 1. The molecule has 0 radical (unpaired) electrons. The first-order valence-corrected chi connectivity index (χ1v) is 11.9. The molecule has 5 unspecified atom stereocenters. The van der Waals surface area contributed by atoms with E-state index in [2.05, 4.69) is 44.7 Å². The van der Waals surface area contributed by atoms with Crippen molar-refractivity contribution in [2.45, 2.75) is 90.6 Å². The van der Waals surface area contributed by atoms with Crippen LogP contribution < -0.4 is 0 Å². The minimum Gasteiger partial charge on any atom is -0.389 e. The van der Waals surface area contributed by atoms with E-state index in [4.69, 9.17) is 0 Å². The maximum absolute atomic E-state index is 10.1. The smallest absolute Gasteiger partial charge is 0.0749 e.